The van der Waals surface area contributed by atoms with Crippen LogP contribution in [0, 0.1) is 6.92 Å². The van der Waals surface area contributed by atoms with Gasteiger partial charge >= 0.3 is 0 Å². The van der Waals surface area contributed by atoms with Crippen LogP contribution in [0.3, 0.4) is 0 Å². The van der Waals surface area contributed by atoms with Crippen LogP contribution < -0.4 is 9.16 Å². The number of aryl methyl sites for hydroxylation is 1. The first-order valence-corrected chi connectivity index (χ1v) is 15.7. The van der Waals surface area contributed by atoms with Crippen molar-refractivity contribution < 1.29 is 9.16 Å². The van der Waals surface area contributed by atoms with E-state index in [2.05, 4.69) is 115 Å². The van der Waals surface area contributed by atoms with Crippen molar-refractivity contribution in [2.75, 3.05) is 0 Å². The number of fused-ring (bicyclic) bond motifs is 1. The summed E-state index contributed by atoms with van der Waals surface area (Å²) in [5.74, 6) is 2.37. The maximum absolute atomic E-state index is 6.64. The lowest BCUT2D eigenvalue weighted by atomic mass is 9.91. The lowest BCUT2D eigenvalue weighted by Gasteiger charge is -2.36. The average molecular weight is 485 g/mol. The SMILES string of the molecule is Cc1cc(O[Si](C)(C)C(C)(C)C)cc2c1C(c1ccc(OCc3ccccc3)c(C(C)C)c1)=CC2. The smallest absolute Gasteiger partial charge is 0.250 e. The number of benzene rings is 3. The molecular formula is C32H40O2Si. The molecule has 0 fully saturated rings. The first-order chi connectivity index (χ1) is 16.5. The summed E-state index contributed by atoms with van der Waals surface area (Å²) in [7, 11) is -1.87. The van der Waals surface area contributed by atoms with Gasteiger partial charge in [-0.25, -0.2) is 0 Å². The van der Waals surface area contributed by atoms with Gasteiger partial charge in [0.25, 0.3) is 0 Å². The predicted molar refractivity (Wildman–Crippen MR) is 151 cm³/mol. The van der Waals surface area contributed by atoms with Gasteiger partial charge in [-0.05, 0) is 101 Å². The van der Waals surface area contributed by atoms with Gasteiger partial charge in [0, 0.05) is 0 Å². The van der Waals surface area contributed by atoms with Crippen molar-refractivity contribution in [2.24, 2.45) is 0 Å². The van der Waals surface area contributed by atoms with E-state index in [0.717, 1.165) is 17.9 Å². The van der Waals surface area contributed by atoms with Gasteiger partial charge in [-0.3, -0.25) is 0 Å². The first-order valence-electron chi connectivity index (χ1n) is 12.8. The third-order valence-electron chi connectivity index (χ3n) is 7.55. The van der Waals surface area contributed by atoms with Crippen molar-refractivity contribution in [2.45, 2.75) is 78.6 Å². The fourth-order valence-corrected chi connectivity index (χ4v) is 5.50. The third kappa shape index (κ3) is 5.40. The van der Waals surface area contributed by atoms with Gasteiger partial charge in [0.2, 0.25) is 8.32 Å². The fraction of sp³-hybridized carbons (Fsp3) is 0.375. The molecule has 0 aromatic heterocycles. The van der Waals surface area contributed by atoms with E-state index in [9.17, 15) is 0 Å². The Morgan fingerprint density at radius 3 is 2.31 bits per heavy atom. The third-order valence-corrected chi connectivity index (χ3v) is 11.9. The number of allylic oxidation sites excluding steroid dienone is 1. The minimum absolute atomic E-state index is 0.181. The molecule has 1 aliphatic carbocycles. The Kier molecular flexibility index (Phi) is 7.01. The molecule has 3 heteroatoms. The second-order valence-corrected chi connectivity index (χ2v) is 16.4. The molecule has 0 spiro atoms. The van der Waals surface area contributed by atoms with E-state index >= 15 is 0 Å². The van der Waals surface area contributed by atoms with Crippen molar-refractivity contribution in [3.8, 4) is 11.5 Å². The van der Waals surface area contributed by atoms with Gasteiger partial charge in [-0.1, -0.05) is 77.1 Å². The molecule has 0 bridgehead atoms. The van der Waals surface area contributed by atoms with Crippen molar-refractivity contribution in [1.29, 1.82) is 0 Å². The van der Waals surface area contributed by atoms with Crippen LogP contribution in [0.25, 0.3) is 5.57 Å². The maximum Gasteiger partial charge on any atom is 0.250 e. The van der Waals surface area contributed by atoms with Gasteiger partial charge in [0.1, 0.15) is 18.1 Å². The summed E-state index contributed by atoms with van der Waals surface area (Å²) in [6.45, 7) is 18.8. The summed E-state index contributed by atoms with van der Waals surface area (Å²) in [6, 6.07) is 21.6. The summed E-state index contributed by atoms with van der Waals surface area (Å²) in [4.78, 5) is 0. The minimum atomic E-state index is -1.87. The van der Waals surface area contributed by atoms with E-state index in [1.165, 1.54) is 39.0 Å². The van der Waals surface area contributed by atoms with Crippen molar-refractivity contribution in [1.82, 2.24) is 0 Å². The lowest BCUT2D eigenvalue weighted by Crippen LogP contribution is -2.43. The normalized spacial score (nSPS) is 13.6. The van der Waals surface area contributed by atoms with E-state index < -0.39 is 8.32 Å². The summed E-state index contributed by atoms with van der Waals surface area (Å²) >= 11 is 0. The summed E-state index contributed by atoms with van der Waals surface area (Å²) in [5.41, 5.74) is 9.04. The molecule has 0 atom stereocenters. The number of rotatable bonds is 7. The molecule has 0 aliphatic heterocycles. The molecule has 0 N–H and O–H groups in total. The van der Waals surface area contributed by atoms with Crippen LogP contribution in [0.4, 0.5) is 0 Å². The van der Waals surface area contributed by atoms with Crippen LogP contribution in [0.15, 0.2) is 66.7 Å². The van der Waals surface area contributed by atoms with Crippen molar-refractivity contribution in [3.05, 3.63) is 100 Å². The Labute approximate surface area is 213 Å². The molecule has 0 unspecified atom stereocenters. The lowest BCUT2D eigenvalue weighted by molar-refractivity contribution is 0.302. The van der Waals surface area contributed by atoms with Crippen LogP contribution in [0.1, 0.15) is 73.9 Å². The zero-order valence-corrected chi connectivity index (χ0v) is 23.7. The number of hydrogen-bond acceptors (Lipinski definition) is 2. The standard InChI is InChI=1S/C32H40O2Si/c1-22(2)29-20-25(15-17-30(29)33-21-24-12-10-9-11-13-24)28-16-14-26-19-27(18-23(3)31(26)28)34-35(7,8)32(4,5)6/h9-13,15-20,22H,14,21H2,1-8H3. The zero-order chi connectivity index (χ0) is 25.4. The minimum Gasteiger partial charge on any atom is -0.543 e. The molecular weight excluding hydrogens is 444 g/mol. The largest absolute Gasteiger partial charge is 0.543 e. The maximum atomic E-state index is 6.64. The molecule has 1 aliphatic rings. The molecule has 0 radical (unpaired) electrons. The van der Waals surface area contributed by atoms with E-state index in [1.54, 1.807) is 0 Å². The average Bonchev–Trinajstić information content (AvgIpc) is 3.21. The first kappa shape index (κ1) is 25.3. The van der Waals surface area contributed by atoms with Gasteiger partial charge in [0.05, 0.1) is 0 Å². The Morgan fingerprint density at radius 1 is 0.943 bits per heavy atom. The Hall–Kier alpha value is -2.78. The predicted octanol–water partition coefficient (Wildman–Crippen LogP) is 9.07. The highest BCUT2D eigenvalue weighted by Crippen LogP contribution is 2.42. The molecule has 0 amide bonds. The van der Waals surface area contributed by atoms with Crippen LogP contribution in [0.2, 0.25) is 18.1 Å². The van der Waals surface area contributed by atoms with E-state index in [4.69, 9.17) is 9.16 Å². The van der Waals surface area contributed by atoms with Gasteiger partial charge in [-0.15, -0.1) is 0 Å². The fourth-order valence-electron chi connectivity index (χ4n) is 4.49. The molecule has 0 heterocycles. The van der Waals surface area contributed by atoms with Crippen LogP contribution in [-0.4, -0.2) is 8.32 Å². The highest BCUT2D eigenvalue weighted by atomic mass is 28.4. The quantitative estimate of drug-likeness (QED) is 0.311. The second kappa shape index (κ2) is 9.70. The van der Waals surface area contributed by atoms with E-state index in [1.807, 2.05) is 6.07 Å². The second-order valence-electron chi connectivity index (χ2n) is 11.6. The highest BCUT2D eigenvalue weighted by Gasteiger charge is 2.39. The van der Waals surface area contributed by atoms with Crippen molar-refractivity contribution in [3.63, 3.8) is 0 Å². The van der Waals surface area contributed by atoms with E-state index in [0.29, 0.717) is 12.5 Å². The highest BCUT2D eigenvalue weighted by molar-refractivity contribution is 6.74. The molecule has 3 aromatic rings. The Bertz CT molecular complexity index is 1230. The summed E-state index contributed by atoms with van der Waals surface area (Å²) < 4.78 is 12.9. The summed E-state index contributed by atoms with van der Waals surface area (Å²) in [6.07, 6.45) is 3.32. The molecule has 3 aromatic carbocycles. The molecule has 35 heavy (non-hydrogen) atoms. The van der Waals surface area contributed by atoms with Crippen molar-refractivity contribution >= 4 is 13.9 Å². The molecule has 184 valence electrons. The molecule has 2 nitrogen and oxygen atoms in total. The monoisotopic (exact) mass is 484 g/mol. The van der Waals surface area contributed by atoms with Gasteiger partial charge < -0.3 is 9.16 Å². The van der Waals surface area contributed by atoms with Gasteiger partial charge in [-0.2, -0.15) is 0 Å². The van der Waals surface area contributed by atoms with Crippen LogP contribution in [-0.2, 0) is 13.0 Å². The molecule has 0 saturated carbocycles. The zero-order valence-electron chi connectivity index (χ0n) is 22.7. The molecule has 4 rings (SSSR count). The Balaban J connectivity index is 1.61. The van der Waals surface area contributed by atoms with Crippen LogP contribution in [0.5, 0.6) is 11.5 Å². The van der Waals surface area contributed by atoms with Gasteiger partial charge in [0.15, 0.2) is 0 Å². The topological polar surface area (TPSA) is 18.5 Å². The Morgan fingerprint density at radius 2 is 1.66 bits per heavy atom. The summed E-state index contributed by atoms with van der Waals surface area (Å²) in [5, 5.41) is 0.181. The van der Waals surface area contributed by atoms with Crippen LogP contribution >= 0.6 is 0 Å². The number of hydrogen-bond donors (Lipinski definition) is 0. The molecule has 0 saturated heterocycles. The van der Waals surface area contributed by atoms with E-state index in [-0.39, 0.29) is 5.04 Å². The number of ether oxygens (including phenoxy) is 1.